The second-order valence-corrected chi connectivity index (χ2v) is 26.8. The molecule has 0 amide bonds. The SMILES string of the molecule is CC(C)(C)c1ccc(N(c2cccc(N(c3ccc4oc5ccccc5c4c3)c3ccc4sc5ccccc5c4c3)c2)c2cc(Cl)cc(N(c3ccc(C(C)(C)C)cc3)c3cc(N(c4ccccc4)c4ccccc4)c4c(c3)oc3ccccc34)c2Cl)cc1. The molecule has 0 saturated carbocycles. The summed E-state index contributed by atoms with van der Waals surface area (Å²) in [6.45, 7) is 13.5. The van der Waals surface area contributed by atoms with Gasteiger partial charge in [-0.1, -0.05) is 186 Å². The van der Waals surface area contributed by atoms with Crippen molar-refractivity contribution in [3.63, 3.8) is 0 Å². The van der Waals surface area contributed by atoms with Gasteiger partial charge in [0.15, 0.2) is 0 Å². The molecule has 3 aromatic heterocycles. The van der Waals surface area contributed by atoms with Crippen molar-refractivity contribution in [2.45, 2.75) is 52.4 Å². The van der Waals surface area contributed by atoms with Crippen molar-refractivity contribution in [3.05, 3.63) is 288 Å². The summed E-state index contributed by atoms with van der Waals surface area (Å²) in [5.74, 6) is 0. The topological polar surface area (TPSA) is 39.2 Å². The number of para-hydroxylation sites is 4. The maximum Gasteiger partial charge on any atom is 0.139 e. The van der Waals surface area contributed by atoms with Gasteiger partial charge >= 0.3 is 0 Å². The van der Waals surface area contributed by atoms with Crippen LogP contribution in [0.2, 0.25) is 10.0 Å². The van der Waals surface area contributed by atoms with Crippen LogP contribution in [0.4, 0.5) is 68.2 Å². The van der Waals surface area contributed by atoms with Crippen LogP contribution in [-0.2, 0) is 10.8 Å². The van der Waals surface area contributed by atoms with Crippen LogP contribution in [0.3, 0.4) is 0 Å². The van der Waals surface area contributed by atoms with E-state index in [0.717, 1.165) is 101 Å². The second kappa shape index (κ2) is 22.1. The zero-order valence-electron chi connectivity index (χ0n) is 50.2. The Morgan fingerprint density at radius 1 is 0.292 bits per heavy atom. The van der Waals surface area contributed by atoms with Crippen molar-refractivity contribution in [1.29, 1.82) is 0 Å². The highest BCUT2D eigenvalue weighted by atomic mass is 35.5. The summed E-state index contributed by atoms with van der Waals surface area (Å²) in [4.78, 5) is 9.14. The van der Waals surface area contributed by atoms with E-state index in [1.54, 1.807) is 0 Å². The number of thiophene rings is 1. The van der Waals surface area contributed by atoms with E-state index in [-0.39, 0.29) is 10.8 Å². The molecule has 15 aromatic rings. The van der Waals surface area contributed by atoms with Crippen molar-refractivity contribution >= 4 is 167 Å². The molecule has 3 heterocycles. The fourth-order valence-corrected chi connectivity index (χ4v) is 14.2. The zero-order chi connectivity index (χ0) is 60.7. The first-order chi connectivity index (χ1) is 43.2. The third-order valence-electron chi connectivity index (χ3n) is 17.0. The standard InChI is InChI=1S/C80H62Cl2N4O2S/c1-79(2,3)51-32-36-56(37-33-51)85(59-25-19-24-58(46-59)83(60-40-42-73-66(47-60)63-26-13-16-29-71(63)87-73)61-41-43-76-67(48-61)64-27-15-18-31-75(64)89-76)69-44-53(81)45-70(78(69)82)86(57-38-34-52(35-39-57)80(4,5)6)62-49-68(77-65-28-14-17-30-72(65)88-74(77)50-62)84(54-20-9-7-10-21-54)55-22-11-8-12-23-55/h7-50H,1-6H3. The molecule has 0 N–H and O–H groups in total. The molecule has 15 rings (SSSR count). The molecule has 0 atom stereocenters. The Kier molecular flexibility index (Phi) is 13.9. The first kappa shape index (κ1) is 55.8. The summed E-state index contributed by atoms with van der Waals surface area (Å²) in [6.07, 6.45) is 0. The first-order valence-corrected chi connectivity index (χ1v) is 31.7. The number of benzene rings is 12. The van der Waals surface area contributed by atoms with Gasteiger partial charge in [0.1, 0.15) is 22.3 Å². The van der Waals surface area contributed by atoms with Gasteiger partial charge in [-0.25, -0.2) is 0 Å². The fraction of sp³-hybridized carbons (Fsp3) is 0.100. The van der Waals surface area contributed by atoms with Gasteiger partial charge in [-0.2, -0.15) is 0 Å². The number of furan rings is 2. The largest absolute Gasteiger partial charge is 0.456 e. The fourth-order valence-electron chi connectivity index (χ4n) is 12.6. The maximum atomic E-state index is 8.34. The quantitative estimate of drug-likeness (QED) is 0.121. The predicted molar refractivity (Wildman–Crippen MR) is 380 cm³/mol. The van der Waals surface area contributed by atoms with Gasteiger partial charge in [-0.3, -0.25) is 0 Å². The van der Waals surface area contributed by atoms with Crippen molar-refractivity contribution < 1.29 is 8.83 Å². The van der Waals surface area contributed by atoms with E-state index in [0.29, 0.717) is 21.4 Å². The summed E-state index contributed by atoms with van der Waals surface area (Å²) in [7, 11) is 0. The Bertz CT molecular complexity index is 5000. The summed E-state index contributed by atoms with van der Waals surface area (Å²) < 4.78 is 15.8. The van der Waals surface area contributed by atoms with Gasteiger partial charge in [0.2, 0.25) is 0 Å². The summed E-state index contributed by atoms with van der Waals surface area (Å²) in [5.41, 5.74) is 16.1. The molecule has 89 heavy (non-hydrogen) atoms. The van der Waals surface area contributed by atoms with E-state index in [2.05, 4.69) is 292 Å². The second-order valence-electron chi connectivity index (χ2n) is 24.9. The molecule has 0 aliphatic heterocycles. The van der Waals surface area contributed by atoms with E-state index in [1.807, 2.05) is 47.7 Å². The normalized spacial score (nSPS) is 12.0. The van der Waals surface area contributed by atoms with Gasteiger partial charge in [-0.15, -0.1) is 11.3 Å². The summed E-state index contributed by atoms with van der Waals surface area (Å²) in [6, 6.07) is 94.3. The smallest absolute Gasteiger partial charge is 0.139 e. The zero-order valence-corrected chi connectivity index (χ0v) is 52.5. The molecule has 9 heteroatoms. The van der Waals surface area contributed by atoms with Crippen molar-refractivity contribution in [2.75, 3.05) is 19.6 Å². The van der Waals surface area contributed by atoms with Crippen molar-refractivity contribution in [3.8, 4) is 0 Å². The van der Waals surface area contributed by atoms with Crippen LogP contribution in [0.15, 0.2) is 276 Å². The highest BCUT2D eigenvalue weighted by molar-refractivity contribution is 7.25. The number of fused-ring (bicyclic) bond motifs is 9. The van der Waals surface area contributed by atoms with Crippen LogP contribution in [0.25, 0.3) is 64.0 Å². The predicted octanol–water partition coefficient (Wildman–Crippen LogP) is 25.6. The minimum atomic E-state index is -0.102. The lowest BCUT2D eigenvalue weighted by atomic mass is 9.87. The van der Waals surface area contributed by atoms with Crippen LogP contribution in [0.1, 0.15) is 52.7 Å². The number of nitrogens with zero attached hydrogens (tertiary/aromatic N) is 4. The number of hydrogen-bond acceptors (Lipinski definition) is 7. The van der Waals surface area contributed by atoms with E-state index in [1.165, 1.54) is 31.3 Å². The van der Waals surface area contributed by atoms with Crippen LogP contribution < -0.4 is 19.6 Å². The molecule has 0 spiro atoms. The Hall–Kier alpha value is -9.76. The number of hydrogen-bond donors (Lipinski definition) is 0. The number of halogens is 2. The van der Waals surface area contributed by atoms with E-state index < -0.39 is 0 Å². The average Bonchev–Trinajstić information content (AvgIpc) is 1.83. The molecule has 434 valence electrons. The highest BCUT2D eigenvalue weighted by Crippen LogP contribution is 2.53. The van der Waals surface area contributed by atoms with Crippen molar-refractivity contribution in [2.24, 2.45) is 0 Å². The van der Waals surface area contributed by atoms with Gasteiger partial charge in [0, 0.05) is 92.9 Å². The van der Waals surface area contributed by atoms with Crippen LogP contribution in [0.5, 0.6) is 0 Å². The molecule has 12 aromatic carbocycles. The number of anilines is 12. The molecule has 0 unspecified atom stereocenters. The van der Waals surface area contributed by atoms with Gasteiger partial charge in [-0.05, 0) is 161 Å². The maximum absolute atomic E-state index is 8.34. The lowest BCUT2D eigenvalue weighted by molar-refractivity contribution is 0.590. The van der Waals surface area contributed by atoms with Crippen LogP contribution in [-0.4, -0.2) is 0 Å². The summed E-state index contributed by atoms with van der Waals surface area (Å²) >= 11 is 17.8. The molecule has 6 nitrogen and oxygen atoms in total. The van der Waals surface area contributed by atoms with Gasteiger partial charge < -0.3 is 28.4 Å². The van der Waals surface area contributed by atoms with Gasteiger partial charge in [0.25, 0.3) is 0 Å². The average molecular weight is 1210 g/mol. The highest BCUT2D eigenvalue weighted by Gasteiger charge is 2.29. The molecule has 0 aliphatic rings. The lowest BCUT2D eigenvalue weighted by Crippen LogP contribution is -2.17. The minimum Gasteiger partial charge on any atom is -0.456 e. The van der Waals surface area contributed by atoms with E-state index in [4.69, 9.17) is 32.0 Å². The molecule has 0 fully saturated rings. The Labute approximate surface area is 532 Å². The van der Waals surface area contributed by atoms with Crippen molar-refractivity contribution in [1.82, 2.24) is 0 Å². The monoisotopic (exact) mass is 1210 g/mol. The van der Waals surface area contributed by atoms with Crippen LogP contribution in [0, 0.1) is 0 Å². The summed E-state index contributed by atoms with van der Waals surface area (Å²) in [5, 5.41) is 7.51. The minimum absolute atomic E-state index is 0.0968. The molecular formula is C80H62Cl2N4O2S. The van der Waals surface area contributed by atoms with E-state index >= 15 is 0 Å². The Morgan fingerprint density at radius 3 is 1.34 bits per heavy atom. The molecular weight excluding hydrogens is 1150 g/mol. The van der Waals surface area contributed by atoms with Crippen LogP contribution >= 0.6 is 34.5 Å². The molecule has 0 radical (unpaired) electrons. The third kappa shape index (κ3) is 10.2. The van der Waals surface area contributed by atoms with E-state index in [9.17, 15) is 0 Å². The third-order valence-corrected chi connectivity index (χ3v) is 18.8. The molecule has 0 aliphatic carbocycles. The van der Waals surface area contributed by atoms with Gasteiger partial charge in [0.05, 0.1) is 33.2 Å². The molecule has 0 bridgehead atoms. The Morgan fingerprint density at radius 2 is 0.719 bits per heavy atom. The Balaban J connectivity index is 0.960. The number of rotatable bonds is 12. The first-order valence-electron chi connectivity index (χ1n) is 30.1. The molecule has 0 saturated heterocycles. The lowest BCUT2D eigenvalue weighted by Gasteiger charge is -2.33.